The van der Waals surface area contributed by atoms with Gasteiger partial charge in [0.2, 0.25) is 10.0 Å². The summed E-state index contributed by atoms with van der Waals surface area (Å²) in [7, 11) is -3.53. The molecule has 31 heavy (non-hydrogen) atoms. The lowest BCUT2D eigenvalue weighted by atomic mass is 9.98. The van der Waals surface area contributed by atoms with Crippen LogP contribution in [0.2, 0.25) is 0 Å². The molecule has 1 amide bonds. The number of amides is 1. The number of piperidine rings is 1. The number of H-pyrrole nitrogens is 1. The summed E-state index contributed by atoms with van der Waals surface area (Å²) in [6.45, 7) is 2.48. The number of para-hydroxylation sites is 1. The standard InChI is InChI=1S/C21H25N5O4S/c1-3-14-12-20(27)26-19(22-14)13-17(23-26)18-10-6-7-11-25(18)21(28)15-8-4-5-9-16(15)24-31(2,29)30/h4-5,8-9,12-13,18,23-24H,3,6-7,10-11H2,1-2H3/t18-/m0/s1. The third-order valence-electron chi connectivity index (χ3n) is 5.46. The van der Waals surface area contributed by atoms with E-state index in [1.807, 2.05) is 13.0 Å². The van der Waals surface area contributed by atoms with Crippen LogP contribution >= 0.6 is 0 Å². The predicted molar refractivity (Wildman–Crippen MR) is 118 cm³/mol. The number of nitrogens with one attached hydrogen (secondary N) is 2. The summed E-state index contributed by atoms with van der Waals surface area (Å²) in [4.78, 5) is 32.1. The molecule has 0 radical (unpaired) electrons. The zero-order valence-electron chi connectivity index (χ0n) is 17.5. The number of carbonyl (C=O) groups is 1. The zero-order chi connectivity index (χ0) is 22.2. The number of benzene rings is 1. The Hall–Kier alpha value is -3.14. The molecule has 0 unspecified atom stereocenters. The quantitative estimate of drug-likeness (QED) is 0.628. The number of aryl methyl sites for hydroxylation is 1. The maximum Gasteiger partial charge on any atom is 0.272 e. The van der Waals surface area contributed by atoms with E-state index in [1.165, 1.54) is 10.6 Å². The van der Waals surface area contributed by atoms with Gasteiger partial charge in [0.25, 0.3) is 11.5 Å². The molecule has 9 nitrogen and oxygen atoms in total. The molecule has 1 atom stereocenters. The third-order valence-corrected chi connectivity index (χ3v) is 6.05. The van der Waals surface area contributed by atoms with Crippen molar-refractivity contribution in [2.24, 2.45) is 0 Å². The van der Waals surface area contributed by atoms with E-state index in [0.29, 0.717) is 29.9 Å². The topological polar surface area (TPSA) is 117 Å². The highest BCUT2D eigenvalue weighted by Crippen LogP contribution is 2.33. The third kappa shape index (κ3) is 4.34. The van der Waals surface area contributed by atoms with Gasteiger partial charge in [0, 0.05) is 24.4 Å². The van der Waals surface area contributed by atoms with Gasteiger partial charge in [0.15, 0.2) is 5.65 Å². The highest BCUT2D eigenvalue weighted by atomic mass is 32.2. The van der Waals surface area contributed by atoms with Crippen LogP contribution in [0.1, 0.15) is 54.0 Å². The number of fused-ring (bicyclic) bond motifs is 1. The van der Waals surface area contributed by atoms with Gasteiger partial charge in [-0.3, -0.25) is 19.4 Å². The van der Waals surface area contributed by atoms with Crippen molar-refractivity contribution in [1.82, 2.24) is 19.5 Å². The largest absolute Gasteiger partial charge is 0.330 e. The van der Waals surface area contributed by atoms with Gasteiger partial charge in [-0.05, 0) is 37.8 Å². The highest BCUT2D eigenvalue weighted by molar-refractivity contribution is 7.92. The number of hydrogen-bond acceptors (Lipinski definition) is 5. The molecule has 164 valence electrons. The molecule has 2 N–H and O–H groups in total. The maximum absolute atomic E-state index is 13.5. The van der Waals surface area contributed by atoms with E-state index in [-0.39, 0.29) is 23.2 Å². The Morgan fingerprint density at radius 2 is 2.03 bits per heavy atom. The minimum atomic E-state index is -3.53. The van der Waals surface area contributed by atoms with Crippen LogP contribution in [0.15, 0.2) is 41.2 Å². The number of anilines is 1. The van der Waals surface area contributed by atoms with Crippen molar-refractivity contribution >= 4 is 27.3 Å². The number of hydrogen-bond donors (Lipinski definition) is 2. The first-order valence-corrected chi connectivity index (χ1v) is 12.2. The fourth-order valence-electron chi connectivity index (χ4n) is 4.02. The van der Waals surface area contributed by atoms with Crippen molar-refractivity contribution in [3.05, 3.63) is 63.7 Å². The van der Waals surface area contributed by atoms with E-state index in [0.717, 1.165) is 31.2 Å². The van der Waals surface area contributed by atoms with Crippen molar-refractivity contribution in [3.8, 4) is 0 Å². The molecule has 0 bridgehead atoms. The molecule has 0 saturated carbocycles. The van der Waals surface area contributed by atoms with E-state index in [2.05, 4.69) is 14.8 Å². The van der Waals surface area contributed by atoms with Gasteiger partial charge < -0.3 is 4.90 Å². The minimum absolute atomic E-state index is 0.190. The van der Waals surface area contributed by atoms with Crippen LogP contribution in [0.3, 0.4) is 0 Å². The van der Waals surface area contributed by atoms with Gasteiger partial charge in [-0.2, -0.15) is 0 Å². The van der Waals surface area contributed by atoms with Crippen LogP contribution in [0.5, 0.6) is 0 Å². The molecule has 0 spiro atoms. The molecule has 0 aliphatic carbocycles. The summed E-state index contributed by atoms with van der Waals surface area (Å²) in [5, 5.41) is 3.11. The Bertz CT molecular complexity index is 1290. The Kier molecular flexibility index (Phi) is 5.57. The van der Waals surface area contributed by atoms with Gasteiger partial charge in [0.05, 0.1) is 29.2 Å². The van der Waals surface area contributed by atoms with Crippen LogP contribution in [0, 0.1) is 0 Å². The molecule has 10 heteroatoms. The smallest absolute Gasteiger partial charge is 0.272 e. The van der Waals surface area contributed by atoms with Crippen LogP contribution in [-0.2, 0) is 16.4 Å². The Morgan fingerprint density at radius 3 is 2.77 bits per heavy atom. The number of sulfonamides is 1. The molecule has 4 rings (SSSR count). The lowest BCUT2D eigenvalue weighted by Gasteiger charge is -2.35. The fourth-order valence-corrected chi connectivity index (χ4v) is 4.60. The van der Waals surface area contributed by atoms with Crippen LogP contribution in [-0.4, -0.2) is 46.6 Å². The Morgan fingerprint density at radius 1 is 1.26 bits per heavy atom. The molecule has 3 heterocycles. The average molecular weight is 444 g/mol. The average Bonchev–Trinajstić information content (AvgIpc) is 3.17. The Labute approximate surface area is 180 Å². The van der Waals surface area contributed by atoms with Gasteiger partial charge >= 0.3 is 0 Å². The van der Waals surface area contributed by atoms with Crippen LogP contribution in [0.4, 0.5) is 5.69 Å². The zero-order valence-corrected chi connectivity index (χ0v) is 18.3. The molecule has 1 fully saturated rings. The SMILES string of the molecule is CCc1cc(=O)n2[nH]c([C@@H]3CCCCN3C(=O)c3ccccc3NS(C)(=O)=O)cc2n1. The number of rotatable bonds is 5. The summed E-state index contributed by atoms with van der Waals surface area (Å²) in [6, 6.07) is 9.64. The summed E-state index contributed by atoms with van der Waals surface area (Å²) < 4.78 is 27.3. The summed E-state index contributed by atoms with van der Waals surface area (Å²) >= 11 is 0. The van der Waals surface area contributed by atoms with Gasteiger partial charge in [-0.15, -0.1) is 0 Å². The van der Waals surface area contributed by atoms with Crippen molar-refractivity contribution in [3.63, 3.8) is 0 Å². The van der Waals surface area contributed by atoms with Gasteiger partial charge in [-0.25, -0.2) is 17.9 Å². The van der Waals surface area contributed by atoms with Crippen molar-refractivity contribution in [2.75, 3.05) is 17.5 Å². The molecule has 1 saturated heterocycles. The first kappa shape index (κ1) is 21.1. The molecular formula is C21H25N5O4S. The van der Waals surface area contributed by atoms with Crippen molar-refractivity contribution in [1.29, 1.82) is 0 Å². The monoisotopic (exact) mass is 443 g/mol. The van der Waals surface area contributed by atoms with E-state index in [1.54, 1.807) is 29.2 Å². The van der Waals surface area contributed by atoms with E-state index in [9.17, 15) is 18.0 Å². The minimum Gasteiger partial charge on any atom is -0.330 e. The first-order valence-electron chi connectivity index (χ1n) is 10.3. The predicted octanol–water partition coefficient (Wildman–Crippen LogP) is 2.32. The van der Waals surface area contributed by atoms with Gasteiger partial charge in [-0.1, -0.05) is 19.1 Å². The normalized spacial score (nSPS) is 17.1. The second-order valence-electron chi connectivity index (χ2n) is 7.77. The molecule has 1 aromatic carbocycles. The lowest BCUT2D eigenvalue weighted by Crippen LogP contribution is -2.39. The summed E-state index contributed by atoms with van der Waals surface area (Å²) in [6.07, 6.45) is 4.23. The van der Waals surface area contributed by atoms with Crippen LogP contribution in [0.25, 0.3) is 5.65 Å². The fraction of sp³-hybridized carbons (Fsp3) is 0.381. The van der Waals surface area contributed by atoms with Crippen LogP contribution < -0.4 is 10.3 Å². The number of aromatic nitrogens is 3. The second kappa shape index (κ2) is 8.18. The summed E-state index contributed by atoms with van der Waals surface area (Å²) in [5.74, 6) is -0.260. The molecular weight excluding hydrogens is 418 g/mol. The molecule has 1 aliphatic rings. The number of likely N-dealkylation sites (tertiary alicyclic amines) is 1. The van der Waals surface area contributed by atoms with Crippen molar-refractivity contribution < 1.29 is 13.2 Å². The highest BCUT2D eigenvalue weighted by Gasteiger charge is 2.31. The van der Waals surface area contributed by atoms with E-state index >= 15 is 0 Å². The maximum atomic E-state index is 13.5. The molecule has 1 aliphatic heterocycles. The second-order valence-corrected chi connectivity index (χ2v) is 9.52. The lowest BCUT2D eigenvalue weighted by molar-refractivity contribution is 0.0607. The van der Waals surface area contributed by atoms with E-state index < -0.39 is 10.0 Å². The van der Waals surface area contributed by atoms with Gasteiger partial charge in [0.1, 0.15) is 0 Å². The molecule has 3 aromatic rings. The number of nitrogens with zero attached hydrogens (tertiary/aromatic N) is 3. The van der Waals surface area contributed by atoms with E-state index in [4.69, 9.17) is 0 Å². The number of carbonyl (C=O) groups excluding carboxylic acids is 1. The molecule has 2 aromatic heterocycles. The first-order chi connectivity index (χ1) is 14.8. The van der Waals surface area contributed by atoms with Crippen molar-refractivity contribution in [2.45, 2.75) is 38.6 Å². The number of aromatic amines is 1. The Balaban J connectivity index is 1.72. The summed E-state index contributed by atoms with van der Waals surface area (Å²) in [5.41, 5.74) is 2.33.